The van der Waals surface area contributed by atoms with E-state index in [1.807, 2.05) is 0 Å². The van der Waals surface area contributed by atoms with E-state index in [0.717, 1.165) is 4.41 Å². The number of hydrazine groups is 1. The lowest BCUT2D eigenvalue weighted by atomic mass is 10.2. The van der Waals surface area contributed by atoms with E-state index in [0.29, 0.717) is 17.0 Å². The van der Waals surface area contributed by atoms with Crippen LogP contribution in [0.25, 0.3) is 0 Å². The van der Waals surface area contributed by atoms with Crippen molar-refractivity contribution in [2.75, 3.05) is 25.6 Å². The van der Waals surface area contributed by atoms with Gasteiger partial charge in [-0.05, 0) is 31.0 Å². The third-order valence-electron chi connectivity index (χ3n) is 3.59. The highest BCUT2D eigenvalue weighted by atomic mass is 35.5. The summed E-state index contributed by atoms with van der Waals surface area (Å²) in [6.45, 7) is 1.68. The van der Waals surface area contributed by atoms with Crippen molar-refractivity contribution in [2.24, 2.45) is 0 Å². The van der Waals surface area contributed by atoms with E-state index >= 15 is 0 Å². The molecular weight excluding hydrogens is 348 g/mol. The number of sulfone groups is 1. The molecule has 6 nitrogen and oxygen atoms in total. The average molecular weight is 367 g/mol. The molecule has 1 saturated heterocycles. The molecule has 1 aliphatic heterocycles. The lowest BCUT2D eigenvalue weighted by molar-refractivity contribution is 0.0893. The van der Waals surface area contributed by atoms with Gasteiger partial charge in [-0.15, -0.1) is 4.41 Å². The zero-order valence-corrected chi connectivity index (χ0v) is 15.0. The van der Waals surface area contributed by atoms with Crippen LogP contribution < -0.4 is 0 Å². The number of hydrogen-bond donors (Lipinski definition) is 0. The molecule has 0 spiro atoms. The molecule has 0 bridgehead atoms. The maximum Gasteiger partial charge on any atom is 0.256 e. The van der Waals surface area contributed by atoms with Crippen LogP contribution in [0.1, 0.15) is 12.0 Å². The molecule has 1 fully saturated rings. The smallest absolute Gasteiger partial charge is 0.234 e. The minimum atomic E-state index is -3.88. The van der Waals surface area contributed by atoms with Crippen LogP contribution in [0.4, 0.5) is 0 Å². The lowest BCUT2D eigenvalue weighted by Gasteiger charge is -2.33. The van der Waals surface area contributed by atoms with Crippen molar-refractivity contribution in [2.45, 2.75) is 24.3 Å². The fourth-order valence-corrected chi connectivity index (χ4v) is 6.62. The third-order valence-corrected chi connectivity index (χ3v) is 7.69. The van der Waals surface area contributed by atoms with Crippen LogP contribution in [-0.4, -0.2) is 57.9 Å². The first-order valence-electron chi connectivity index (χ1n) is 6.73. The minimum Gasteiger partial charge on any atom is -0.234 e. The molecule has 0 unspecified atom stereocenters. The number of halogens is 1. The summed E-state index contributed by atoms with van der Waals surface area (Å²) < 4.78 is 50.5. The third kappa shape index (κ3) is 3.46. The van der Waals surface area contributed by atoms with Gasteiger partial charge in [0.2, 0.25) is 0 Å². The summed E-state index contributed by atoms with van der Waals surface area (Å²) in [6, 6.07) is 4.06. The van der Waals surface area contributed by atoms with Gasteiger partial charge in [-0.2, -0.15) is 0 Å². The van der Waals surface area contributed by atoms with E-state index in [1.54, 1.807) is 33.2 Å². The Hall–Kier alpha value is -0.670. The molecule has 0 amide bonds. The first-order valence-corrected chi connectivity index (χ1v) is 10.4. The summed E-state index contributed by atoms with van der Waals surface area (Å²) in [4.78, 5) is 0.0954. The Morgan fingerprint density at radius 1 is 1.27 bits per heavy atom. The first kappa shape index (κ1) is 17.7. The van der Waals surface area contributed by atoms with Crippen LogP contribution in [0.5, 0.6) is 0 Å². The standard InChI is InChI=1S/C13H19ClN2O4S2/c1-10-4-5-11(14)8-13(10)22(19,20)16(15(2)3)12-6-7-21(17,18)9-12/h4-5,8,12H,6-7,9H2,1-3H3/t12-/m1/s1. The molecule has 0 radical (unpaired) electrons. The Morgan fingerprint density at radius 3 is 2.41 bits per heavy atom. The topological polar surface area (TPSA) is 74.8 Å². The molecule has 1 atom stereocenters. The Kier molecular flexibility index (Phi) is 4.89. The van der Waals surface area contributed by atoms with Crippen molar-refractivity contribution in [3.8, 4) is 0 Å². The Balaban J connectivity index is 2.50. The molecular formula is C13H19ClN2O4S2. The van der Waals surface area contributed by atoms with Gasteiger partial charge >= 0.3 is 0 Å². The molecule has 1 aromatic carbocycles. The predicted molar refractivity (Wildman–Crippen MR) is 86.0 cm³/mol. The maximum atomic E-state index is 13.0. The van der Waals surface area contributed by atoms with Crippen molar-refractivity contribution in [1.82, 2.24) is 9.42 Å². The van der Waals surface area contributed by atoms with E-state index in [4.69, 9.17) is 11.6 Å². The van der Waals surface area contributed by atoms with E-state index in [1.165, 1.54) is 11.1 Å². The van der Waals surface area contributed by atoms with Crippen LogP contribution >= 0.6 is 11.6 Å². The second-order valence-electron chi connectivity index (χ2n) is 5.59. The molecule has 0 aromatic heterocycles. The van der Waals surface area contributed by atoms with Crippen LogP contribution in [0.3, 0.4) is 0 Å². The molecule has 1 aromatic rings. The predicted octanol–water partition coefficient (Wildman–Crippen LogP) is 1.30. The lowest BCUT2D eigenvalue weighted by Crippen LogP contribution is -2.49. The molecule has 0 saturated carbocycles. The largest absolute Gasteiger partial charge is 0.256 e. The number of hydrogen-bond acceptors (Lipinski definition) is 5. The summed E-state index contributed by atoms with van der Waals surface area (Å²) in [7, 11) is -3.90. The number of benzene rings is 1. The quantitative estimate of drug-likeness (QED) is 0.751. The SMILES string of the molecule is Cc1ccc(Cl)cc1S(=O)(=O)N([C@@H]1CCS(=O)(=O)C1)N(C)C. The number of sulfonamides is 1. The maximum absolute atomic E-state index is 13.0. The van der Waals surface area contributed by atoms with Gasteiger partial charge < -0.3 is 0 Å². The van der Waals surface area contributed by atoms with Crippen LogP contribution in [0, 0.1) is 6.92 Å². The zero-order valence-electron chi connectivity index (χ0n) is 12.7. The van der Waals surface area contributed by atoms with Gasteiger partial charge in [-0.1, -0.05) is 17.7 Å². The van der Waals surface area contributed by atoms with Crippen LogP contribution in [0.2, 0.25) is 5.02 Å². The van der Waals surface area contributed by atoms with Crippen LogP contribution in [0.15, 0.2) is 23.1 Å². The number of nitrogens with zero attached hydrogens (tertiary/aromatic N) is 2. The van der Waals surface area contributed by atoms with Gasteiger partial charge in [0.05, 0.1) is 22.4 Å². The second kappa shape index (κ2) is 6.09. The first-order chi connectivity index (χ1) is 10.0. The van der Waals surface area contributed by atoms with Gasteiger partial charge in [0.25, 0.3) is 10.0 Å². The van der Waals surface area contributed by atoms with E-state index in [9.17, 15) is 16.8 Å². The monoisotopic (exact) mass is 366 g/mol. The molecule has 1 heterocycles. The summed E-state index contributed by atoms with van der Waals surface area (Å²) in [5.41, 5.74) is 0.567. The van der Waals surface area contributed by atoms with Crippen molar-refractivity contribution in [3.05, 3.63) is 28.8 Å². The molecule has 22 heavy (non-hydrogen) atoms. The van der Waals surface area contributed by atoms with E-state index in [-0.39, 0.29) is 16.4 Å². The summed E-state index contributed by atoms with van der Waals surface area (Å²) in [6.07, 6.45) is 0.291. The molecule has 0 aliphatic carbocycles. The average Bonchev–Trinajstić information content (AvgIpc) is 2.71. The van der Waals surface area contributed by atoms with Gasteiger partial charge in [0, 0.05) is 19.1 Å². The highest BCUT2D eigenvalue weighted by Gasteiger charge is 2.40. The number of rotatable bonds is 4. The summed E-state index contributed by atoms with van der Waals surface area (Å²) in [5.74, 6) is -0.157. The molecule has 124 valence electrons. The van der Waals surface area contributed by atoms with Gasteiger partial charge in [0.15, 0.2) is 9.84 Å². The summed E-state index contributed by atoms with van der Waals surface area (Å²) in [5, 5.41) is 1.74. The molecule has 9 heteroatoms. The Morgan fingerprint density at radius 2 is 1.91 bits per heavy atom. The van der Waals surface area contributed by atoms with Crippen molar-refractivity contribution in [3.63, 3.8) is 0 Å². The normalized spacial score (nSPS) is 21.6. The summed E-state index contributed by atoms with van der Waals surface area (Å²) >= 11 is 5.92. The highest BCUT2D eigenvalue weighted by Crippen LogP contribution is 2.29. The van der Waals surface area contributed by atoms with Gasteiger partial charge in [-0.3, -0.25) is 0 Å². The minimum absolute atomic E-state index is 0.00601. The van der Waals surface area contributed by atoms with E-state index < -0.39 is 25.9 Å². The van der Waals surface area contributed by atoms with Crippen molar-refractivity contribution in [1.29, 1.82) is 0 Å². The zero-order chi connectivity index (χ0) is 16.7. The Bertz CT molecular complexity index is 775. The Labute approximate surface area is 136 Å². The van der Waals surface area contributed by atoms with Crippen molar-refractivity contribution < 1.29 is 16.8 Å². The van der Waals surface area contributed by atoms with Gasteiger partial charge in [-0.25, -0.2) is 21.8 Å². The highest BCUT2D eigenvalue weighted by molar-refractivity contribution is 7.92. The molecule has 2 rings (SSSR count). The number of aryl methyl sites for hydroxylation is 1. The van der Waals surface area contributed by atoms with Crippen molar-refractivity contribution >= 4 is 31.5 Å². The second-order valence-corrected chi connectivity index (χ2v) is 10.0. The van der Waals surface area contributed by atoms with Crippen LogP contribution in [-0.2, 0) is 19.9 Å². The van der Waals surface area contributed by atoms with Gasteiger partial charge in [0.1, 0.15) is 0 Å². The fourth-order valence-electron chi connectivity index (χ4n) is 2.64. The molecule has 0 N–H and O–H groups in total. The molecule has 1 aliphatic rings. The fraction of sp³-hybridized carbons (Fsp3) is 0.538. The van der Waals surface area contributed by atoms with E-state index in [2.05, 4.69) is 0 Å².